The van der Waals surface area contributed by atoms with Crippen LogP contribution in [0.1, 0.15) is 16.7 Å². The van der Waals surface area contributed by atoms with Gasteiger partial charge in [-0.2, -0.15) is 0 Å². The van der Waals surface area contributed by atoms with Crippen molar-refractivity contribution in [3.63, 3.8) is 0 Å². The van der Waals surface area contributed by atoms with E-state index < -0.39 is 0 Å². The summed E-state index contributed by atoms with van der Waals surface area (Å²) in [5.41, 5.74) is 4.00. The maximum absolute atomic E-state index is 12.0. The number of aromatic nitrogens is 1. The molecule has 1 saturated heterocycles. The van der Waals surface area contributed by atoms with E-state index in [0.29, 0.717) is 10.1 Å². The van der Waals surface area contributed by atoms with Gasteiger partial charge in [0, 0.05) is 12.4 Å². The van der Waals surface area contributed by atoms with Crippen molar-refractivity contribution in [1.29, 1.82) is 0 Å². The van der Waals surface area contributed by atoms with E-state index in [2.05, 4.69) is 15.3 Å². The Morgan fingerprint density at radius 2 is 2.14 bits per heavy atom. The lowest BCUT2D eigenvalue weighted by molar-refractivity contribution is -0.115. The molecule has 0 aliphatic carbocycles. The van der Waals surface area contributed by atoms with Crippen molar-refractivity contribution in [3.05, 3.63) is 64.3 Å². The van der Waals surface area contributed by atoms with Crippen LogP contribution in [-0.2, 0) is 4.79 Å². The topological polar surface area (TPSA) is 54.4 Å². The van der Waals surface area contributed by atoms with Crippen LogP contribution in [0, 0.1) is 13.8 Å². The molecular weight excluding hydrogens is 294 g/mol. The number of amidine groups is 1. The predicted molar refractivity (Wildman–Crippen MR) is 91.0 cm³/mol. The summed E-state index contributed by atoms with van der Waals surface area (Å²) >= 11 is 1.35. The minimum atomic E-state index is -0.127. The van der Waals surface area contributed by atoms with E-state index in [4.69, 9.17) is 0 Å². The average Bonchev–Trinajstić information content (AvgIpc) is 2.84. The van der Waals surface area contributed by atoms with Crippen LogP contribution in [0.5, 0.6) is 0 Å². The van der Waals surface area contributed by atoms with Gasteiger partial charge in [0.05, 0.1) is 10.6 Å². The molecule has 0 unspecified atom stereocenters. The molecule has 0 atom stereocenters. The Labute approximate surface area is 133 Å². The van der Waals surface area contributed by atoms with Crippen molar-refractivity contribution in [2.45, 2.75) is 13.8 Å². The number of benzene rings is 1. The van der Waals surface area contributed by atoms with Crippen molar-refractivity contribution in [2.75, 3.05) is 0 Å². The van der Waals surface area contributed by atoms with Crippen molar-refractivity contribution in [2.24, 2.45) is 4.99 Å². The SMILES string of the molecule is Cc1ccc(C)c(N=C2NC(=O)/C(=C/c3cccnc3)S2)c1. The highest BCUT2D eigenvalue weighted by Crippen LogP contribution is 2.29. The normalized spacial score (nSPS) is 18.0. The fourth-order valence-corrected chi connectivity index (χ4v) is 2.88. The number of carbonyl (C=O) groups excluding carboxylic acids is 1. The molecule has 0 radical (unpaired) electrons. The Balaban J connectivity index is 1.87. The maximum atomic E-state index is 12.0. The predicted octanol–water partition coefficient (Wildman–Crippen LogP) is 3.59. The summed E-state index contributed by atoms with van der Waals surface area (Å²) in [6.07, 6.45) is 5.25. The fraction of sp³-hybridized carbons (Fsp3) is 0.118. The Kier molecular flexibility index (Phi) is 4.06. The lowest BCUT2D eigenvalue weighted by atomic mass is 10.1. The Hall–Kier alpha value is -2.40. The number of pyridine rings is 1. The lowest BCUT2D eigenvalue weighted by Crippen LogP contribution is -2.19. The summed E-state index contributed by atoms with van der Waals surface area (Å²) < 4.78 is 0. The second kappa shape index (κ2) is 6.15. The van der Waals surface area contributed by atoms with Gasteiger partial charge in [-0.3, -0.25) is 9.78 Å². The van der Waals surface area contributed by atoms with Gasteiger partial charge in [-0.15, -0.1) is 0 Å². The standard InChI is InChI=1S/C17H15N3OS/c1-11-5-6-12(2)14(8-11)19-17-20-16(21)15(22-17)9-13-4-3-7-18-10-13/h3-10H,1-2H3,(H,19,20,21)/b15-9-. The van der Waals surface area contributed by atoms with Crippen LogP contribution in [0.2, 0.25) is 0 Å². The van der Waals surface area contributed by atoms with Crippen LogP contribution in [-0.4, -0.2) is 16.1 Å². The summed E-state index contributed by atoms with van der Waals surface area (Å²) in [7, 11) is 0. The van der Waals surface area contributed by atoms with E-state index in [1.165, 1.54) is 11.8 Å². The van der Waals surface area contributed by atoms with Crippen LogP contribution < -0.4 is 5.32 Å². The number of hydrogen-bond acceptors (Lipinski definition) is 4. The number of nitrogens with zero attached hydrogens (tertiary/aromatic N) is 2. The minimum Gasteiger partial charge on any atom is -0.300 e. The molecule has 2 aromatic rings. The summed E-state index contributed by atoms with van der Waals surface area (Å²) in [5, 5.41) is 3.41. The molecule has 1 amide bonds. The molecular formula is C17H15N3OS. The molecule has 22 heavy (non-hydrogen) atoms. The van der Waals surface area contributed by atoms with Gasteiger partial charge in [0.25, 0.3) is 5.91 Å². The van der Waals surface area contributed by atoms with E-state index in [-0.39, 0.29) is 5.91 Å². The summed E-state index contributed by atoms with van der Waals surface area (Å²) in [4.78, 5) is 21.2. The quantitative estimate of drug-likeness (QED) is 0.863. The van der Waals surface area contributed by atoms with Crippen molar-refractivity contribution < 1.29 is 4.79 Å². The molecule has 1 aliphatic rings. The van der Waals surface area contributed by atoms with Crippen molar-refractivity contribution in [3.8, 4) is 0 Å². The molecule has 1 N–H and O–H groups in total. The first-order valence-electron chi connectivity index (χ1n) is 6.89. The van der Waals surface area contributed by atoms with E-state index in [9.17, 15) is 4.79 Å². The highest BCUT2D eigenvalue weighted by Gasteiger charge is 2.23. The summed E-state index contributed by atoms with van der Waals surface area (Å²) in [6.45, 7) is 4.03. The highest BCUT2D eigenvalue weighted by molar-refractivity contribution is 8.18. The third-order valence-corrected chi connectivity index (χ3v) is 4.13. The van der Waals surface area contributed by atoms with Gasteiger partial charge in [0.15, 0.2) is 5.17 Å². The second-order valence-corrected chi connectivity index (χ2v) is 6.09. The third kappa shape index (κ3) is 3.26. The largest absolute Gasteiger partial charge is 0.300 e. The van der Waals surface area contributed by atoms with E-state index in [1.54, 1.807) is 12.4 Å². The van der Waals surface area contributed by atoms with Gasteiger partial charge in [0.2, 0.25) is 0 Å². The number of hydrogen-bond donors (Lipinski definition) is 1. The summed E-state index contributed by atoms with van der Waals surface area (Å²) in [5.74, 6) is -0.127. The number of carbonyl (C=O) groups is 1. The fourth-order valence-electron chi connectivity index (χ4n) is 2.04. The number of aliphatic imine (C=N–C) groups is 1. The van der Waals surface area contributed by atoms with E-state index in [0.717, 1.165) is 22.4 Å². The number of aryl methyl sites for hydroxylation is 2. The molecule has 0 spiro atoms. The third-order valence-electron chi connectivity index (χ3n) is 3.22. The van der Waals surface area contributed by atoms with Crippen molar-refractivity contribution >= 4 is 34.6 Å². The first kappa shape index (κ1) is 14.5. The first-order chi connectivity index (χ1) is 10.6. The highest BCUT2D eigenvalue weighted by atomic mass is 32.2. The monoisotopic (exact) mass is 309 g/mol. The van der Waals surface area contributed by atoms with Crippen LogP contribution >= 0.6 is 11.8 Å². The Bertz CT molecular complexity index is 782. The van der Waals surface area contributed by atoms with Gasteiger partial charge in [-0.1, -0.05) is 18.2 Å². The van der Waals surface area contributed by atoms with Crippen LogP contribution in [0.4, 0.5) is 5.69 Å². The van der Waals surface area contributed by atoms with E-state index >= 15 is 0 Å². The second-order valence-electron chi connectivity index (χ2n) is 5.06. The van der Waals surface area contributed by atoms with Crippen molar-refractivity contribution in [1.82, 2.24) is 10.3 Å². The minimum absolute atomic E-state index is 0.127. The molecule has 110 valence electrons. The van der Waals surface area contributed by atoms with Gasteiger partial charge in [0.1, 0.15) is 0 Å². The zero-order valence-corrected chi connectivity index (χ0v) is 13.1. The number of amides is 1. The Morgan fingerprint density at radius 1 is 1.27 bits per heavy atom. The Morgan fingerprint density at radius 3 is 2.91 bits per heavy atom. The van der Waals surface area contributed by atoms with Crippen LogP contribution in [0.25, 0.3) is 6.08 Å². The molecule has 0 bridgehead atoms. The number of rotatable bonds is 2. The van der Waals surface area contributed by atoms with Crippen LogP contribution in [0.15, 0.2) is 52.6 Å². The maximum Gasteiger partial charge on any atom is 0.264 e. The van der Waals surface area contributed by atoms with Gasteiger partial charge >= 0.3 is 0 Å². The zero-order valence-electron chi connectivity index (χ0n) is 12.3. The average molecular weight is 309 g/mol. The molecule has 0 saturated carbocycles. The molecule has 5 heteroatoms. The number of thioether (sulfide) groups is 1. The lowest BCUT2D eigenvalue weighted by Gasteiger charge is -2.02. The first-order valence-corrected chi connectivity index (χ1v) is 7.70. The van der Waals surface area contributed by atoms with Crippen LogP contribution in [0.3, 0.4) is 0 Å². The molecule has 1 fully saturated rings. The van der Waals surface area contributed by atoms with Gasteiger partial charge in [-0.05, 0) is 60.5 Å². The van der Waals surface area contributed by atoms with Gasteiger partial charge in [-0.25, -0.2) is 4.99 Å². The van der Waals surface area contributed by atoms with Gasteiger partial charge < -0.3 is 5.32 Å². The smallest absolute Gasteiger partial charge is 0.264 e. The van der Waals surface area contributed by atoms with E-state index in [1.807, 2.05) is 50.3 Å². The molecule has 1 aliphatic heterocycles. The molecule has 3 rings (SSSR count). The summed E-state index contributed by atoms with van der Waals surface area (Å²) in [6, 6.07) is 9.84. The molecule has 1 aromatic heterocycles. The molecule has 1 aromatic carbocycles. The zero-order chi connectivity index (χ0) is 15.5. The number of nitrogens with one attached hydrogen (secondary N) is 1. The molecule has 2 heterocycles. The molecule has 4 nitrogen and oxygen atoms in total.